The number of nitrogens with one attached hydrogen (secondary N) is 1. The Hall–Kier alpha value is -0.0400. The first-order valence-corrected chi connectivity index (χ1v) is 8.97. The summed E-state index contributed by atoms with van der Waals surface area (Å²) in [4.78, 5) is 0.311. The minimum absolute atomic E-state index is 0.311. The first kappa shape index (κ1) is 15.0. The highest BCUT2D eigenvalue weighted by Gasteiger charge is 2.12. The molecule has 17 heavy (non-hydrogen) atoms. The Labute approximate surface area is 116 Å². The van der Waals surface area contributed by atoms with Crippen molar-refractivity contribution in [3.05, 3.63) is 28.7 Å². The lowest BCUT2D eigenvalue weighted by molar-refractivity contribution is 0.578. The number of thioether (sulfide) groups is 1. The van der Waals surface area contributed by atoms with Gasteiger partial charge in [0.25, 0.3) is 0 Å². The highest BCUT2D eigenvalue weighted by Crippen LogP contribution is 2.14. The third kappa shape index (κ3) is 5.42. The molecule has 0 amide bonds. The van der Waals surface area contributed by atoms with E-state index in [2.05, 4.69) is 20.7 Å². The smallest absolute Gasteiger partial charge is 0.211 e. The quantitative estimate of drug-likeness (QED) is 0.778. The molecule has 0 spiro atoms. The van der Waals surface area contributed by atoms with Gasteiger partial charge in [0.05, 0.1) is 4.90 Å². The van der Waals surface area contributed by atoms with Gasteiger partial charge in [-0.05, 0) is 49.1 Å². The lowest BCUT2D eigenvalue weighted by atomic mass is 10.3. The SMILES string of the molecule is CSCCCCNS(=O)(=O)c1ccc(Br)cc1. The van der Waals surface area contributed by atoms with Gasteiger partial charge in [-0.2, -0.15) is 11.8 Å². The lowest BCUT2D eigenvalue weighted by Gasteiger charge is -2.06. The molecule has 0 bridgehead atoms. The molecule has 0 saturated heterocycles. The molecule has 0 fully saturated rings. The van der Waals surface area contributed by atoms with Crippen LogP contribution in [0.4, 0.5) is 0 Å². The molecule has 0 aliphatic carbocycles. The van der Waals surface area contributed by atoms with Crippen LogP contribution in [0.15, 0.2) is 33.6 Å². The van der Waals surface area contributed by atoms with E-state index in [1.165, 1.54) is 0 Å². The Kier molecular flexibility index (Phi) is 6.54. The van der Waals surface area contributed by atoms with Crippen LogP contribution in [0.3, 0.4) is 0 Å². The fourth-order valence-corrected chi connectivity index (χ4v) is 3.11. The summed E-state index contributed by atoms with van der Waals surface area (Å²) in [5, 5.41) is 0. The van der Waals surface area contributed by atoms with E-state index >= 15 is 0 Å². The summed E-state index contributed by atoms with van der Waals surface area (Å²) in [6.07, 6.45) is 3.95. The monoisotopic (exact) mass is 337 g/mol. The molecular formula is C11H16BrNO2S2. The highest BCUT2D eigenvalue weighted by atomic mass is 79.9. The highest BCUT2D eigenvalue weighted by molar-refractivity contribution is 9.10. The van der Waals surface area contributed by atoms with Gasteiger partial charge in [0.1, 0.15) is 0 Å². The number of unbranched alkanes of at least 4 members (excludes halogenated alkanes) is 1. The second-order valence-electron chi connectivity index (χ2n) is 3.55. The Balaban J connectivity index is 2.48. The van der Waals surface area contributed by atoms with Gasteiger partial charge >= 0.3 is 0 Å². The van der Waals surface area contributed by atoms with Crippen molar-refractivity contribution in [2.75, 3.05) is 18.6 Å². The average Bonchev–Trinajstić information content (AvgIpc) is 2.29. The van der Waals surface area contributed by atoms with Gasteiger partial charge in [0.2, 0.25) is 10.0 Å². The lowest BCUT2D eigenvalue weighted by Crippen LogP contribution is -2.24. The van der Waals surface area contributed by atoms with Crippen LogP contribution < -0.4 is 4.72 Å². The Morgan fingerprint density at radius 3 is 2.47 bits per heavy atom. The van der Waals surface area contributed by atoms with Crippen molar-refractivity contribution in [2.45, 2.75) is 17.7 Å². The van der Waals surface area contributed by atoms with Crippen molar-refractivity contribution in [3.8, 4) is 0 Å². The Bertz CT molecular complexity index is 431. The van der Waals surface area contributed by atoms with E-state index in [1.54, 1.807) is 36.0 Å². The summed E-state index contributed by atoms with van der Waals surface area (Å²) in [7, 11) is -3.34. The van der Waals surface area contributed by atoms with Crippen molar-refractivity contribution in [2.24, 2.45) is 0 Å². The number of hydrogen-bond acceptors (Lipinski definition) is 3. The Morgan fingerprint density at radius 2 is 1.88 bits per heavy atom. The number of rotatable bonds is 7. The van der Waals surface area contributed by atoms with E-state index in [1.807, 2.05) is 6.26 Å². The van der Waals surface area contributed by atoms with Gasteiger partial charge in [0, 0.05) is 11.0 Å². The zero-order chi connectivity index (χ0) is 12.7. The second kappa shape index (κ2) is 7.41. The van der Waals surface area contributed by atoms with Crippen molar-refractivity contribution >= 4 is 37.7 Å². The van der Waals surface area contributed by atoms with E-state index in [-0.39, 0.29) is 0 Å². The number of sulfonamides is 1. The largest absolute Gasteiger partial charge is 0.240 e. The van der Waals surface area contributed by atoms with Crippen LogP contribution in [0.1, 0.15) is 12.8 Å². The van der Waals surface area contributed by atoms with Gasteiger partial charge in [-0.25, -0.2) is 13.1 Å². The second-order valence-corrected chi connectivity index (χ2v) is 7.22. The topological polar surface area (TPSA) is 46.2 Å². The summed E-state index contributed by atoms with van der Waals surface area (Å²) in [6, 6.07) is 6.63. The average molecular weight is 338 g/mol. The molecule has 0 aromatic heterocycles. The van der Waals surface area contributed by atoms with Crippen LogP contribution in [-0.2, 0) is 10.0 Å². The third-order valence-corrected chi connectivity index (χ3v) is 4.89. The molecule has 1 N–H and O–H groups in total. The minimum atomic E-state index is -3.34. The van der Waals surface area contributed by atoms with Crippen LogP contribution in [0.2, 0.25) is 0 Å². The van der Waals surface area contributed by atoms with Crippen LogP contribution in [0.5, 0.6) is 0 Å². The fourth-order valence-electron chi connectivity index (χ4n) is 1.28. The predicted molar refractivity (Wildman–Crippen MR) is 76.9 cm³/mol. The molecule has 0 aliphatic rings. The van der Waals surface area contributed by atoms with E-state index in [9.17, 15) is 8.42 Å². The number of hydrogen-bond donors (Lipinski definition) is 1. The molecule has 0 heterocycles. The molecule has 3 nitrogen and oxygen atoms in total. The van der Waals surface area contributed by atoms with Crippen LogP contribution in [-0.4, -0.2) is 27.0 Å². The van der Waals surface area contributed by atoms with E-state index in [4.69, 9.17) is 0 Å². The van der Waals surface area contributed by atoms with Gasteiger partial charge in [-0.3, -0.25) is 0 Å². The third-order valence-electron chi connectivity index (χ3n) is 2.19. The van der Waals surface area contributed by atoms with E-state index in [0.29, 0.717) is 11.4 Å². The summed E-state index contributed by atoms with van der Waals surface area (Å²) in [5.41, 5.74) is 0. The predicted octanol–water partition coefficient (Wildman–Crippen LogP) is 2.87. The molecule has 1 aromatic carbocycles. The van der Waals surface area contributed by atoms with E-state index in [0.717, 1.165) is 23.1 Å². The molecule has 1 rings (SSSR count). The molecule has 96 valence electrons. The molecular weight excluding hydrogens is 322 g/mol. The van der Waals surface area contributed by atoms with Crippen molar-refractivity contribution in [1.82, 2.24) is 4.72 Å². The van der Waals surface area contributed by atoms with Gasteiger partial charge in [-0.1, -0.05) is 15.9 Å². The van der Waals surface area contributed by atoms with Gasteiger partial charge < -0.3 is 0 Å². The van der Waals surface area contributed by atoms with Gasteiger partial charge in [0.15, 0.2) is 0 Å². The first-order valence-electron chi connectivity index (χ1n) is 5.30. The van der Waals surface area contributed by atoms with Crippen molar-refractivity contribution in [1.29, 1.82) is 0 Å². The Morgan fingerprint density at radius 1 is 1.24 bits per heavy atom. The maximum Gasteiger partial charge on any atom is 0.240 e. The maximum atomic E-state index is 11.8. The van der Waals surface area contributed by atoms with Crippen molar-refractivity contribution in [3.63, 3.8) is 0 Å². The first-order chi connectivity index (χ1) is 8.06. The van der Waals surface area contributed by atoms with Crippen LogP contribution >= 0.6 is 27.7 Å². The standard InChI is InChI=1S/C11H16BrNO2S2/c1-16-9-3-2-8-13-17(14,15)11-6-4-10(12)5-7-11/h4-7,13H,2-3,8-9H2,1H3. The normalized spacial score (nSPS) is 11.6. The maximum absolute atomic E-state index is 11.8. The zero-order valence-corrected chi connectivity index (χ0v) is 12.9. The summed E-state index contributed by atoms with van der Waals surface area (Å²) in [5.74, 6) is 1.07. The van der Waals surface area contributed by atoms with E-state index < -0.39 is 10.0 Å². The summed E-state index contributed by atoms with van der Waals surface area (Å²) >= 11 is 5.05. The molecule has 0 atom stereocenters. The molecule has 1 aromatic rings. The summed E-state index contributed by atoms with van der Waals surface area (Å²) < 4.78 is 27.2. The van der Waals surface area contributed by atoms with Crippen LogP contribution in [0, 0.1) is 0 Å². The van der Waals surface area contributed by atoms with Crippen LogP contribution in [0.25, 0.3) is 0 Å². The number of benzene rings is 1. The minimum Gasteiger partial charge on any atom is -0.211 e. The molecule has 0 aliphatic heterocycles. The van der Waals surface area contributed by atoms with Crippen molar-refractivity contribution < 1.29 is 8.42 Å². The zero-order valence-electron chi connectivity index (χ0n) is 9.65. The number of halogens is 1. The fraction of sp³-hybridized carbons (Fsp3) is 0.455. The van der Waals surface area contributed by atoms with Gasteiger partial charge in [-0.15, -0.1) is 0 Å². The molecule has 0 saturated carbocycles. The summed E-state index contributed by atoms with van der Waals surface area (Å²) in [6.45, 7) is 0.499. The molecule has 0 radical (unpaired) electrons. The molecule has 0 unspecified atom stereocenters. The molecule has 6 heteroatoms.